The van der Waals surface area contributed by atoms with Crippen molar-refractivity contribution in [3.05, 3.63) is 12.7 Å². The molecule has 0 aromatic rings. The summed E-state index contributed by atoms with van der Waals surface area (Å²) in [4.78, 5) is 23.5. The largest absolute Gasteiger partial charge is 0.465 e. The van der Waals surface area contributed by atoms with Gasteiger partial charge in [0.15, 0.2) is 0 Å². The van der Waals surface area contributed by atoms with Crippen molar-refractivity contribution >= 4 is 11.9 Å². The van der Waals surface area contributed by atoms with Crippen LogP contribution >= 0.6 is 0 Å². The van der Waals surface area contributed by atoms with Gasteiger partial charge in [0, 0.05) is 31.1 Å². The van der Waals surface area contributed by atoms with Gasteiger partial charge in [0.25, 0.3) is 0 Å². The summed E-state index contributed by atoms with van der Waals surface area (Å²) in [5.41, 5.74) is 0. The third kappa shape index (κ3) is 14.9. The standard InChI is InChI=1S/C36H57FO7/c1-2-35(39)43-25-9-5-3-7-24-42-32-20-16-30(17-21-32)36(40)44-26-10-6-4-8-23-41-31-18-13-28(14-19-31)11-12-29-15-22-34(38)33(37)27-29/h2,28-34,38H,1,3-10,13-27H2. The van der Waals surface area contributed by atoms with Gasteiger partial charge in [-0.05, 0) is 109 Å². The predicted octanol–water partition coefficient (Wildman–Crippen LogP) is 7.03. The first-order valence-corrected chi connectivity index (χ1v) is 17.5. The summed E-state index contributed by atoms with van der Waals surface area (Å²) in [6, 6.07) is 0. The highest BCUT2D eigenvalue weighted by Crippen LogP contribution is 2.29. The quantitative estimate of drug-likeness (QED) is 0.0761. The van der Waals surface area contributed by atoms with E-state index in [9.17, 15) is 19.1 Å². The number of halogens is 1. The SMILES string of the molecule is C=CC(=O)OCCCCCCOC1CCC(C(=O)OCCCCCCOC2CCC(C#CC3CCC(O)C(F)C3)CC2)CC1. The zero-order valence-corrected chi connectivity index (χ0v) is 26.9. The molecule has 0 amide bonds. The van der Waals surface area contributed by atoms with Crippen LogP contribution in [0.15, 0.2) is 12.7 Å². The number of hydrogen-bond donors (Lipinski definition) is 1. The van der Waals surface area contributed by atoms with E-state index in [-0.39, 0.29) is 29.9 Å². The summed E-state index contributed by atoms with van der Waals surface area (Å²) in [6.07, 6.45) is 17.2. The van der Waals surface area contributed by atoms with Gasteiger partial charge in [-0.3, -0.25) is 4.79 Å². The first-order chi connectivity index (χ1) is 21.4. The Morgan fingerprint density at radius 3 is 1.75 bits per heavy atom. The van der Waals surface area contributed by atoms with E-state index in [1.807, 2.05) is 0 Å². The average molecular weight is 621 g/mol. The molecule has 0 heterocycles. The van der Waals surface area contributed by atoms with E-state index in [1.165, 1.54) is 6.08 Å². The Kier molecular flexibility index (Phi) is 18.0. The summed E-state index contributed by atoms with van der Waals surface area (Å²) >= 11 is 0. The van der Waals surface area contributed by atoms with Crippen molar-refractivity contribution in [1.82, 2.24) is 0 Å². The lowest BCUT2D eigenvalue weighted by Crippen LogP contribution is -2.30. The highest BCUT2D eigenvalue weighted by atomic mass is 19.1. The number of carbonyl (C=O) groups is 2. The van der Waals surface area contributed by atoms with Crippen LogP contribution in [0, 0.1) is 29.6 Å². The molecule has 3 aliphatic carbocycles. The molecule has 3 unspecified atom stereocenters. The van der Waals surface area contributed by atoms with Gasteiger partial charge >= 0.3 is 11.9 Å². The highest BCUT2D eigenvalue weighted by Gasteiger charge is 2.29. The average Bonchev–Trinajstić information content (AvgIpc) is 3.04. The van der Waals surface area contributed by atoms with Gasteiger partial charge < -0.3 is 24.1 Å². The number of aliphatic hydroxyl groups is 1. The van der Waals surface area contributed by atoms with Crippen molar-refractivity contribution in [2.24, 2.45) is 17.8 Å². The van der Waals surface area contributed by atoms with Crippen molar-refractivity contribution in [3.8, 4) is 11.8 Å². The number of aliphatic hydroxyl groups excluding tert-OH is 1. The minimum absolute atomic E-state index is 0.00591. The fraction of sp³-hybridized carbons (Fsp3) is 0.833. The van der Waals surface area contributed by atoms with Crippen molar-refractivity contribution in [2.75, 3.05) is 26.4 Å². The second-order valence-corrected chi connectivity index (χ2v) is 12.9. The molecule has 0 saturated heterocycles. The molecular weight excluding hydrogens is 563 g/mol. The molecule has 7 nitrogen and oxygen atoms in total. The molecule has 0 aliphatic heterocycles. The lowest BCUT2D eigenvalue weighted by atomic mass is 9.84. The van der Waals surface area contributed by atoms with Crippen LogP contribution in [-0.4, -0.2) is 68.0 Å². The number of unbranched alkanes of at least 4 members (excludes halogenated alkanes) is 6. The Morgan fingerprint density at radius 1 is 0.682 bits per heavy atom. The lowest BCUT2D eigenvalue weighted by molar-refractivity contribution is -0.150. The fourth-order valence-electron chi connectivity index (χ4n) is 6.44. The first kappa shape index (κ1) is 36.5. The van der Waals surface area contributed by atoms with Crippen LogP contribution in [0.2, 0.25) is 0 Å². The van der Waals surface area contributed by atoms with Crippen molar-refractivity contribution < 1.29 is 38.0 Å². The first-order valence-electron chi connectivity index (χ1n) is 17.5. The number of carbonyl (C=O) groups excluding carboxylic acids is 2. The number of alkyl halides is 1. The van der Waals surface area contributed by atoms with Crippen molar-refractivity contribution in [2.45, 2.75) is 146 Å². The predicted molar refractivity (Wildman–Crippen MR) is 168 cm³/mol. The monoisotopic (exact) mass is 620 g/mol. The minimum atomic E-state index is -1.12. The Hall–Kier alpha value is -1.95. The molecule has 3 aliphatic rings. The second-order valence-electron chi connectivity index (χ2n) is 12.9. The molecule has 3 fully saturated rings. The Bertz CT molecular complexity index is 883. The topological polar surface area (TPSA) is 91.3 Å². The molecule has 0 spiro atoms. The summed E-state index contributed by atoms with van der Waals surface area (Å²) in [5, 5.41) is 9.54. The van der Waals surface area contributed by atoms with Crippen LogP contribution in [0.25, 0.3) is 0 Å². The van der Waals surface area contributed by atoms with E-state index in [2.05, 4.69) is 18.4 Å². The fourth-order valence-corrected chi connectivity index (χ4v) is 6.44. The Labute approximate surface area is 265 Å². The van der Waals surface area contributed by atoms with E-state index in [4.69, 9.17) is 18.9 Å². The molecule has 0 aromatic heterocycles. The van der Waals surface area contributed by atoms with Gasteiger partial charge in [-0.25, -0.2) is 9.18 Å². The maximum Gasteiger partial charge on any atom is 0.330 e. The van der Waals surface area contributed by atoms with Crippen LogP contribution in [0.1, 0.15) is 122 Å². The minimum Gasteiger partial charge on any atom is -0.465 e. The van der Waals surface area contributed by atoms with Gasteiger partial charge in [0.05, 0.1) is 37.4 Å². The van der Waals surface area contributed by atoms with E-state index in [0.29, 0.717) is 38.1 Å². The highest BCUT2D eigenvalue weighted by molar-refractivity contribution is 5.81. The molecule has 0 radical (unpaired) electrons. The maximum atomic E-state index is 13.7. The van der Waals surface area contributed by atoms with E-state index in [0.717, 1.165) is 122 Å². The number of hydrogen-bond acceptors (Lipinski definition) is 7. The molecule has 0 aromatic carbocycles. The van der Waals surface area contributed by atoms with E-state index < -0.39 is 12.3 Å². The second kappa shape index (κ2) is 21.7. The summed E-state index contributed by atoms with van der Waals surface area (Å²) in [7, 11) is 0. The van der Waals surface area contributed by atoms with Crippen LogP contribution in [0.3, 0.4) is 0 Å². The summed E-state index contributed by atoms with van der Waals surface area (Å²) < 4.78 is 36.4. The molecule has 3 saturated carbocycles. The van der Waals surface area contributed by atoms with Crippen LogP contribution in [0.4, 0.5) is 4.39 Å². The molecule has 3 rings (SSSR count). The van der Waals surface area contributed by atoms with Gasteiger partial charge in [-0.1, -0.05) is 31.3 Å². The zero-order chi connectivity index (χ0) is 31.4. The van der Waals surface area contributed by atoms with E-state index >= 15 is 0 Å². The van der Waals surface area contributed by atoms with E-state index in [1.54, 1.807) is 0 Å². The molecule has 0 bridgehead atoms. The summed E-state index contributed by atoms with van der Waals surface area (Å²) in [6.45, 7) is 5.85. The molecule has 1 N–H and O–H groups in total. The maximum absolute atomic E-state index is 13.7. The molecule has 3 atom stereocenters. The van der Waals surface area contributed by atoms with Gasteiger partial charge in [-0.2, -0.15) is 0 Å². The molecule has 8 heteroatoms. The number of ether oxygens (including phenoxy) is 4. The number of esters is 2. The smallest absolute Gasteiger partial charge is 0.330 e. The lowest BCUT2D eigenvalue weighted by Gasteiger charge is -2.27. The Balaban J connectivity index is 1.09. The number of rotatable bonds is 18. The van der Waals surface area contributed by atoms with Crippen molar-refractivity contribution in [1.29, 1.82) is 0 Å². The van der Waals surface area contributed by atoms with Gasteiger partial charge in [0.2, 0.25) is 0 Å². The van der Waals surface area contributed by atoms with Crippen molar-refractivity contribution in [3.63, 3.8) is 0 Å². The molecular formula is C36H57FO7. The Morgan fingerprint density at radius 2 is 1.18 bits per heavy atom. The summed E-state index contributed by atoms with van der Waals surface area (Å²) in [5.74, 6) is 6.75. The third-order valence-electron chi connectivity index (χ3n) is 9.35. The van der Waals surface area contributed by atoms with Crippen LogP contribution < -0.4 is 0 Å². The third-order valence-corrected chi connectivity index (χ3v) is 9.35. The molecule has 250 valence electrons. The molecule has 44 heavy (non-hydrogen) atoms. The van der Waals surface area contributed by atoms with Gasteiger partial charge in [0.1, 0.15) is 6.17 Å². The van der Waals surface area contributed by atoms with Gasteiger partial charge in [-0.15, -0.1) is 0 Å². The normalized spacial score (nSPS) is 28.8. The zero-order valence-electron chi connectivity index (χ0n) is 26.9. The van der Waals surface area contributed by atoms with Crippen LogP contribution in [-0.2, 0) is 28.5 Å². The van der Waals surface area contributed by atoms with Crippen LogP contribution in [0.5, 0.6) is 0 Å².